The largest absolute Gasteiger partial charge is 0.477 e. The van der Waals surface area contributed by atoms with E-state index in [4.69, 9.17) is 5.11 Å². The van der Waals surface area contributed by atoms with Gasteiger partial charge in [-0.3, -0.25) is 0 Å². The summed E-state index contributed by atoms with van der Waals surface area (Å²) in [6.45, 7) is 2.37. The number of sulfonamides is 1. The first-order chi connectivity index (χ1) is 8.34. The highest BCUT2D eigenvalue weighted by molar-refractivity contribution is 7.89. The molecule has 1 aliphatic rings. The Labute approximate surface area is 106 Å². The number of aromatic nitrogens is 1. The standard InChI is InChI=1S/C11H16N2O4S/c1-8-4-3-5-13(8)18(16,17)9-6-10(11(14)15)12(2)7-9/h6-8H,3-5H2,1-2H3,(H,14,15). The summed E-state index contributed by atoms with van der Waals surface area (Å²) in [6, 6.07) is 1.19. The van der Waals surface area contributed by atoms with Crippen molar-refractivity contribution in [3.8, 4) is 0 Å². The fraction of sp³-hybridized carbons (Fsp3) is 0.545. The molecule has 1 unspecified atom stereocenters. The average molecular weight is 272 g/mol. The molecule has 1 N–H and O–H groups in total. The lowest BCUT2D eigenvalue weighted by molar-refractivity contribution is 0.0686. The van der Waals surface area contributed by atoms with Gasteiger partial charge in [0.15, 0.2) is 0 Å². The molecule has 0 amide bonds. The first-order valence-electron chi connectivity index (χ1n) is 5.75. The van der Waals surface area contributed by atoms with E-state index in [1.54, 1.807) is 0 Å². The molecule has 100 valence electrons. The second kappa shape index (κ2) is 4.40. The first kappa shape index (κ1) is 13.1. The molecule has 18 heavy (non-hydrogen) atoms. The smallest absolute Gasteiger partial charge is 0.352 e. The molecular formula is C11H16N2O4S. The van der Waals surface area contributed by atoms with E-state index in [0.717, 1.165) is 12.8 Å². The van der Waals surface area contributed by atoms with E-state index in [0.29, 0.717) is 6.54 Å². The molecule has 0 spiro atoms. The maximum absolute atomic E-state index is 12.4. The lowest BCUT2D eigenvalue weighted by atomic mass is 10.3. The molecule has 1 aliphatic heterocycles. The van der Waals surface area contributed by atoms with Gasteiger partial charge in [0.05, 0.1) is 0 Å². The summed E-state index contributed by atoms with van der Waals surface area (Å²) in [7, 11) is -2.05. The highest BCUT2D eigenvalue weighted by Crippen LogP contribution is 2.26. The maximum Gasteiger partial charge on any atom is 0.352 e. The van der Waals surface area contributed by atoms with Crippen LogP contribution >= 0.6 is 0 Å². The maximum atomic E-state index is 12.4. The first-order valence-corrected chi connectivity index (χ1v) is 7.19. The van der Waals surface area contributed by atoms with Crippen molar-refractivity contribution < 1.29 is 18.3 Å². The summed E-state index contributed by atoms with van der Waals surface area (Å²) in [5.41, 5.74) is -0.0274. The highest BCUT2D eigenvalue weighted by atomic mass is 32.2. The molecule has 1 atom stereocenters. The molecule has 0 aromatic carbocycles. The topological polar surface area (TPSA) is 79.6 Å². The monoisotopic (exact) mass is 272 g/mol. The van der Waals surface area contributed by atoms with Crippen LogP contribution in [-0.2, 0) is 17.1 Å². The van der Waals surface area contributed by atoms with Crippen LogP contribution in [0.25, 0.3) is 0 Å². The third-order valence-corrected chi connectivity index (χ3v) is 5.28. The van der Waals surface area contributed by atoms with Crippen LogP contribution in [0.4, 0.5) is 0 Å². The summed E-state index contributed by atoms with van der Waals surface area (Å²) >= 11 is 0. The Morgan fingerprint density at radius 3 is 2.61 bits per heavy atom. The minimum absolute atomic E-state index is 0.0246. The van der Waals surface area contributed by atoms with Crippen LogP contribution in [0.5, 0.6) is 0 Å². The Kier molecular flexibility index (Phi) is 3.20. The lowest BCUT2D eigenvalue weighted by Gasteiger charge is -2.19. The van der Waals surface area contributed by atoms with E-state index in [2.05, 4.69) is 0 Å². The van der Waals surface area contributed by atoms with Gasteiger partial charge in [-0.15, -0.1) is 0 Å². The number of nitrogens with zero attached hydrogens (tertiary/aromatic N) is 2. The molecule has 1 aromatic heterocycles. The van der Waals surface area contributed by atoms with E-state index in [9.17, 15) is 13.2 Å². The van der Waals surface area contributed by atoms with Crippen molar-refractivity contribution in [2.45, 2.75) is 30.7 Å². The molecule has 0 saturated carbocycles. The summed E-state index contributed by atoms with van der Waals surface area (Å²) in [5.74, 6) is -1.13. The Bertz CT molecular complexity index is 576. The van der Waals surface area contributed by atoms with E-state index in [-0.39, 0.29) is 16.6 Å². The molecule has 2 rings (SSSR count). The number of hydrogen-bond acceptors (Lipinski definition) is 3. The predicted octanol–water partition coefficient (Wildman–Crippen LogP) is 0.896. The van der Waals surface area contributed by atoms with Gasteiger partial charge in [0.2, 0.25) is 10.0 Å². The summed E-state index contributed by atoms with van der Waals surface area (Å²) in [5, 5.41) is 8.93. The zero-order valence-corrected chi connectivity index (χ0v) is 11.1. The average Bonchev–Trinajstić information content (AvgIpc) is 2.84. The van der Waals surface area contributed by atoms with Crippen molar-refractivity contribution in [2.75, 3.05) is 6.54 Å². The molecule has 0 aliphatic carbocycles. The third-order valence-electron chi connectivity index (χ3n) is 3.30. The van der Waals surface area contributed by atoms with Gasteiger partial charge in [0.25, 0.3) is 0 Å². The van der Waals surface area contributed by atoms with Gasteiger partial charge in [0, 0.05) is 25.8 Å². The van der Waals surface area contributed by atoms with E-state index in [1.807, 2.05) is 6.92 Å². The molecule has 1 fully saturated rings. The second-order valence-corrected chi connectivity index (χ2v) is 6.47. The Balaban J connectivity index is 2.42. The van der Waals surface area contributed by atoms with Gasteiger partial charge in [-0.1, -0.05) is 0 Å². The number of hydrogen-bond donors (Lipinski definition) is 1. The van der Waals surface area contributed by atoms with Gasteiger partial charge >= 0.3 is 5.97 Å². The SMILES string of the molecule is CC1CCCN1S(=O)(=O)c1cc(C(=O)O)n(C)c1. The van der Waals surface area contributed by atoms with Crippen LogP contribution in [0.2, 0.25) is 0 Å². The van der Waals surface area contributed by atoms with Crippen molar-refractivity contribution in [1.82, 2.24) is 8.87 Å². The molecule has 6 nitrogen and oxygen atoms in total. The minimum Gasteiger partial charge on any atom is -0.477 e. The zero-order chi connectivity index (χ0) is 13.5. The molecule has 1 saturated heterocycles. The van der Waals surface area contributed by atoms with Crippen LogP contribution in [0, 0.1) is 0 Å². The molecule has 2 heterocycles. The molecule has 7 heteroatoms. The number of carbonyl (C=O) groups is 1. The number of rotatable bonds is 3. The number of aromatic carboxylic acids is 1. The van der Waals surface area contributed by atoms with Gasteiger partial charge in [-0.25, -0.2) is 13.2 Å². The van der Waals surface area contributed by atoms with Gasteiger partial charge in [0.1, 0.15) is 10.6 Å². The fourth-order valence-electron chi connectivity index (χ4n) is 2.29. The van der Waals surface area contributed by atoms with Crippen molar-refractivity contribution in [1.29, 1.82) is 0 Å². The Hall–Kier alpha value is -1.34. The molecule has 0 bridgehead atoms. The Morgan fingerprint density at radius 2 is 2.17 bits per heavy atom. The quantitative estimate of drug-likeness (QED) is 0.886. The van der Waals surface area contributed by atoms with Gasteiger partial charge in [-0.05, 0) is 25.8 Å². The normalized spacial score (nSPS) is 21.3. The predicted molar refractivity (Wildman–Crippen MR) is 65.0 cm³/mol. The summed E-state index contributed by atoms with van der Waals surface area (Å²) < 4.78 is 27.5. The van der Waals surface area contributed by atoms with Crippen LogP contribution in [0.1, 0.15) is 30.3 Å². The van der Waals surface area contributed by atoms with E-state index < -0.39 is 16.0 Å². The van der Waals surface area contributed by atoms with Gasteiger partial charge < -0.3 is 9.67 Å². The second-order valence-electron chi connectivity index (χ2n) is 4.58. The van der Waals surface area contributed by atoms with Crippen LogP contribution in [0.3, 0.4) is 0 Å². The summed E-state index contributed by atoms with van der Waals surface area (Å²) in [4.78, 5) is 11.0. The zero-order valence-electron chi connectivity index (χ0n) is 10.3. The third kappa shape index (κ3) is 2.04. The number of aryl methyl sites for hydroxylation is 1. The van der Waals surface area contributed by atoms with Crippen molar-refractivity contribution in [3.63, 3.8) is 0 Å². The fourth-order valence-corrected chi connectivity index (χ4v) is 4.06. The van der Waals surface area contributed by atoms with E-state index >= 15 is 0 Å². The minimum atomic E-state index is -3.57. The Morgan fingerprint density at radius 1 is 1.50 bits per heavy atom. The molecule has 0 radical (unpaired) electrons. The van der Waals surface area contributed by atoms with Crippen LogP contribution in [0.15, 0.2) is 17.2 Å². The van der Waals surface area contributed by atoms with E-state index in [1.165, 1.54) is 28.2 Å². The number of carboxylic acids is 1. The van der Waals surface area contributed by atoms with Crippen molar-refractivity contribution in [2.24, 2.45) is 7.05 Å². The molecular weight excluding hydrogens is 256 g/mol. The summed E-state index contributed by atoms with van der Waals surface area (Å²) in [6.07, 6.45) is 3.04. The van der Waals surface area contributed by atoms with Crippen LogP contribution < -0.4 is 0 Å². The van der Waals surface area contributed by atoms with Crippen LogP contribution in [-0.4, -0.2) is 41.0 Å². The van der Waals surface area contributed by atoms with Crippen molar-refractivity contribution in [3.05, 3.63) is 18.0 Å². The number of carboxylic acid groups (broad SMARTS) is 1. The van der Waals surface area contributed by atoms with Gasteiger partial charge in [-0.2, -0.15) is 4.31 Å². The highest BCUT2D eigenvalue weighted by Gasteiger charge is 2.33. The van der Waals surface area contributed by atoms with Crippen molar-refractivity contribution >= 4 is 16.0 Å². The molecule has 1 aromatic rings. The lowest BCUT2D eigenvalue weighted by Crippen LogP contribution is -2.33.